The number of nitrogens with one attached hydrogen (secondary N) is 1. The van der Waals surface area contributed by atoms with Gasteiger partial charge in [-0.2, -0.15) is 5.10 Å². The van der Waals surface area contributed by atoms with Gasteiger partial charge in [-0.3, -0.25) is 9.48 Å². The molecule has 8 nitrogen and oxygen atoms in total. The molecular formula is C17H24N6O2S. The van der Waals surface area contributed by atoms with Crippen molar-refractivity contribution in [2.24, 2.45) is 0 Å². The van der Waals surface area contributed by atoms with Crippen molar-refractivity contribution in [2.45, 2.75) is 44.1 Å². The largest absolute Gasteiger partial charge is 0.376 e. The number of hydrogen-bond donors (Lipinski definition) is 1. The molecule has 0 saturated carbocycles. The fourth-order valence-corrected chi connectivity index (χ4v) is 3.58. The fourth-order valence-electron chi connectivity index (χ4n) is 2.78. The molecule has 2 aromatic heterocycles. The fraction of sp³-hybridized carbons (Fsp3) is 0.529. The Bertz CT molecular complexity index is 750. The van der Waals surface area contributed by atoms with E-state index in [0.29, 0.717) is 25.4 Å². The van der Waals surface area contributed by atoms with Crippen LogP contribution in [-0.4, -0.2) is 55.5 Å². The van der Waals surface area contributed by atoms with E-state index in [1.165, 1.54) is 11.8 Å². The predicted octanol–water partition coefficient (Wildman–Crippen LogP) is 1.40. The van der Waals surface area contributed by atoms with Crippen LogP contribution in [0.4, 0.5) is 0 Å². The van der Waals surface area contributed by atoms with Crippen LogP contribution < -0.4 is 5.32 Å². The zero-order chi connectivity index (χ0) is 18.4. The molecule has 0 radical (unpaired) electrons. The number of hydrogen-bond acceptors (Lipinski definition) is 6. The van der Waals surface area contributed by atoms with E-state index >= 15 is 0 Å². The molecule has 140 valence electrons. The first-order chi connectivity index (χ1) is 12.7. The second kappa shape index (κ2) is 9.00. The summed E-state index contributed by atoms with van der Waals surface area (Å²) in [6, 6.07) is 1.96. The van der Waals surface area contributed by atoms with Crippen molar-refractivity contribution < 1.29 is 9.53 Å². The van der Waals surface area contributed by atoms with Gasteiger partial charge in [-0.05, 0) is 25.8 Å². The Morgan fingerprint density at radius 1 is 1.54 bits per heavy atom. The van der Waals surface area contributed by atoms with E-state index in [1.54, 1.807) is 6.08 Å². The molecule has 9 heteroatoms. The predicted molar refractivity (Wildman–Crippen MR) is 99.0 cm³/mol. The SMILES string of the molecule is C=CCNC(=O)CSc1nnc(Cn2ccc(C)n2)n1C[C@@H]1CCCO1. The van der Waals surface area contributed by atoms with E-state index in [-0.39, 0.29) is 12.0 Å². The molecule has 2 aromatic rings. The van der Waals surface area contributed by atoms with E-state index in [4.69, 9.17) is 4.74 Å². The summed E-state index contributed by atoms with van der Waals surface area (Å²) in [5.41, 5.74) is 0.962. The molecule has 0 bridgehead atoms. The molecule has 26 heavy (non-hydrogen) atoms. The zero-order valence-corrected chi connectivity index (χ0v) is 15.7. The first-order valence-corrected chi connectivity index (χ1v) is 9.68. The maximum Gasteiger partial charge on any atom is 0.230 e. The van der Waals surface area contributed by atoms with Gasteiger partial charge in [0.25, 0.3) is 0 Å². The summed E-state index contributed by atoms with van der Waals surface area (Å²) >= 11 is 1.38. The van der Waals surface area contributed by atoms with E-state index in [1.807, 2.05) is 23.9 Å². The summed E-state index contributed by atoms with van der Waals surface area (Å²) in [6.45, 7) is 8.05. The van der Waals surface area contributed by atoms with E-state index in [0.717, 1.165) is 36.1 Å². The Morgan fingerprint density at radius 3 is 3.12 bits per heavy atom. The summed E-state index contributed by atoms with van der Waals surface area (Å²) in [6.07, 6.45) is 5.86. The summed E-state index contributed by atoms with van der Waals surface area (Å²) in [5.74, 6) is 1.06. The third kappa shape index (κ3) is 4.95. The van der Waals surface area contributed by atoms with Crippen LogP contribution in [-0.2, 0) is 22.6 Å². The van der Waals surface area contributed by atoms with Crippen molar-refractivity contribution in [3.63, 3.8) is 0 Å². The third-order valence-corrected chi connectivity index (χ3v) is 5.02. The van der Waals surface area contributed by atoms with Crippen molar-refractivity contribution in [3.05, 3.63) is 36.4 Å². The number of aryl methyl sites for hydroxylation is 1. The Labute approximate surface area is 157 Å². The van der Waals surface area contributed by atoms with Gasteiger partial charge in [0, 0.05) is 19.3 Å². The molecule has 1 atom stereocenters. The van der Waals surface area contributed by atoms with Crippen LogP contribution in [0.1, 0.15) is 24.4 Å². The van der Waals surface area contributed by atoms with Crippen LogP contribution in [0.5, 0.6) is 0 Å². The van der Waals surface area contributed by atoms with Crippen LogP contribution in [0.3, 0.4) is 0 Å². The highest BCUT2D eigenvalue weighted by Gasteiger charge is 2.21. The Kier molecular flexibility index (Phi) is 6.45. The van der Waals surface area contributed by atoms with E-state index in [2.05, 4.69) is 31.8 Å². The smallest absolute Gasteiger partial charge is 0.230 e. The molecule has 1 N–H and O–H groups in total. The summed E-state index contributed by atoms with van der Waals surface area (Å²) in [7, 11) is 0. The third-order valence-electron chi connectivity index (χ3n) is 4.06. The van der Waals surface area contributed by atoms with Crippen LogP contribution in [0, 0.1) is 6.92 Å². The first kappa shape index (κ1) is 18.7. The summed E-state index contributed by atoms with van der Waals surface area (Å²) < 4.78 is 9.67. The minimum Gasteiger partial charge on any atom is -0.376 e. The van der Waals surface area contributed by atoms with Crippen LogP contribution in [0.15, 0.2) is 30.1 Å². The Morgan fingerprint density at radius 2 is 2.42 bits per heavy atom. The number of carbonyl (C=O) groups excluding carboxylic acids is 1. The standard InChI is InChI=1S/C17H24N6O2S/c1-3-7-18-16(24)12-26-17-20-19-15(11-22-8-6-13(2)21-22)23(17)10-14-5-4-9-25-14/h3,6,8,14H,1,4-5,7,9-12H2,2H3,(H,18,24)/t14-/m0/s1. The highest BCUT2D eigenvalue weighted by molar-refractivity contribution is 7.99. The number of thioether (sulfide) groups is 1. The lowest BCUT2D eigenvalue weighted by Crippen LogP contribution is -2.25. The molecule has 1 aliphatic rings. The molecule has 1 amide bonds. The van der Waals surface area contributed by atoms with Gasteiger partial charge in [0.1, 0.15) is 6.54 Å². The number of rotatable bonds is 9. The van der Waals surface area contributed by atoms with Crippen molar-refractivity contribution in [3.8, 4) is 0 Å². The summed E-state index contributed by atoms with van der Waals surface area (Å²) in [5, 5.41) is 16.5. The monoisotopic (exact) mass is 376 g/mol. The van der Waals surface area contributed by atoms with Gasteiger partial charge in [0.05, 0.1) is 24.1 Å². The van der Waals surface area contributed by atoms with Gasteiger partial charge >= 0.3 is 0 Å². The Hall–Kier alpha value is -2.13. The topological polar surface area (TPSA) is 86.9 Å². The number of aromatic nitrogens is 5. The maximum absolute atomic E-state index is 11.9. The van der Waals surface area contributed by atoms with Gasteiger partial charge in [0.15, 0.2) is 11.0 Å². The lowest BCUT2D eigenvalue weighted by atomic mass is 10.2. The average Bonchev–Trinajstić information content (AvgIpc) is 3.36. The molecule has 1 saturated heterocycles. The molecule has 0 aromatic carbocycles. The van der Waals surface area contributed by atoms with Crippen LogP contribution in [0.25, 0.3) is 0 Å². The minimum atomic E-state index is -0.0502. The second-order valence-electron chi connectivity index (χ2n) is 6.18. The maximum atomic E-state index is 11.9. The number of nitrogens with zero attached hydrogens (tertiary/aromatic N) is 5. The van der Waals surface area contributed by atoms with Gasteiger partial charge in [-0.1, -0.05) is 17.8 Å². The molecule has 1 fully saturated rings. The zero-order valence-electron chi connectivity index (χ0n) is 14.9. The minimum absolute atomic E-state index is 0.0502. The molecule has 3 heterocycles. The molecule has 0 spiro atoms. The highest BCUT2D eigenvalue weighted by atomic mass is 32.2. The summed E-state index contributed by atoms with van der Waals surface area (Å²) in [4.78, 5) is 11.9. The highest BCUT2D eigenvalue weighted by Crippen LogP contribution is 2.21. The van der Waals surface area contributed by atoms with Crippen molar-refractivity contribution in [1.82, 2.24) is 29.9 Å². The average molecular weight is 376 g/mol. The van der Waals surface area contributed by atoms with Crippen LogP contribution in [0.2, 0.25) is 0 Å². The van der Waals surface area contributed by atoms with Gasteiger partial charge in [-0.25, -0.2) is 0 Å². The lowest BCUT2D eigenvalue weighted by Gasteiger charge is -2.14. The van der Waals surface area contributed by atoms with E-state index < -0.39 is 0 Å². The first-order valence-electron chi connectivity index (χ1n) is 8.70. The molecular weight excluding hydrogens is 352 g/mol. The Balaban J connectivity index is 1.72. The van der Waals surface area contributed by atoms with Gasteiger partial charge < -0.3 is 14.6 Å². The van der Waals surface area contributed by atoms with Crippen molar-refractivity contribution in [1.29, 1.82) is 0 Å². The van der Waals surface area contributed by atoms with Crippen LogP contribution >= 0.6 is 11.8 Å². The number of amides is 1. The molecule has 0 unspecified atom stereocenters. The normalized spacial score (nSPS) is 16.7. The number of carbonyl (C=O) groups is 1. The molecule has 3 rings (SSSR count). The molecule has 1 aliphatic heterocycles. The van der Waals surface area contributed by atoms with Crippen molar-refractivity contribution in [2.75, 3.05) is 18.9 Å². The number of ether oxygens (including phenoxy) is 1. The lowest BCUT2D eigenvalue weighted by molar-refractivity contribution is -0.118. The molecule has 0 aliphatic carbocycles. The van der Waals surface area contributed by atoms with Gasteiger partial charge in [0.2, 0.25) is 5.91 Å². The van der Waals surface area contributed by atoms with E-state index in [9.17, 15) is 4.79 Å². The second-order valence-corrected chi connectivity index (χ2v) is 7.12. The van der Waals surface area contributed by atoms with Gasteiger partial charge in [-0.15, -0.1) is 16.8 Å². The van der Waals surface area contributed by atoms with Crippen molar-refractivity contribution >= 4 is 17.7 Å². The quantitative estimate of drug-likeness (QED) is 0.526.